The zero-order valence-corrected chi connectivity index (χ0v) is 22.0. The third kappa shape index (κ3) is 6.40. The number of amides is 1. The van der Waals surface area contributed by atoms with Crippen molar-refractivity contribution in [3.05, 3.63) is 53.6 Å². The molecule has 0 radical (unpaired) electrons. The largest absolute Gasteiger partial charge is 0.496 e. The van der Waals surface area contributed by atoms with Crippen molar-refractivity contribution in [1.82, 2.24) is 13.9 Å². The summed E-state index contributed by atoms with van der Waals surface area (Å²) in [4.78, 5) is 12.8. The number of likely N-dealkylation sites (N-methyl/N-ethyl adjacent to an activating group) is 1. The predicted molar refractivity (Wildman–Crippen MR) is 133 cm³/mol. The van der Waals surface area contributed by atoms with Gasteiger partial charge < -0.3 is 10.1 Å². The maximum absolute atomic E-state index is 13.0. The van der Waals surface area contributed by atoms with Crippen LogP contribution in [0.4, 0.5) is 0 Å². The van der Waals surface area contributed by atoms with Crippen LogP contribution in [-0.4, -0.2) is 71.2 Å². The molecule has 1 saturated heterocycles. The van der Waals surface area contributed by atoms with Gasteiger partial charge in [-0.15, -0.1) is 0 Å². The molecule has 11 heteroatoms. The summed E-state index contributed by atoms with van der Waals surface area (Å²) in [5.74, 6) is 0.181. The minimum atomic E-state index is -3.84. The first-order valence-electron chi connectivity index (χ1n) is 11.6. The van der Waals surface area contributed by atoms with Crippen LogP contribution in [0.2, 0.25) is 0 Å². The molecule has 1 amide bonds. The molecule has 1 fully saturated rings. The van der Waals surface area contributed by atoms with Crippen LogP contribution in [-0.2, 0) is 31.3 Å². The first kappa shape index (κ1) is 27.1. The molecule has 2 aromatic rings. The van der Waals surface area contributed by atoms with E-state index in [0.717, 1.165) is 22.7 Å². The Kier molecular flexibility index (Phi) is 8.92. The zero-order chi connectivity index (χ0) is 25.6. The number of aryl methyl sites for hydroxylation is 1. The van der Waals surface area contributed by atoms with Crippen LogP contribution < -0.4 is 10.1 Å². The number of carbonyl (C=O) groups is 1. The lowest BCUT2D eigenvalue weighted by atomic mass is 10.1. The van der Waals surface area contributed by atoms with E-state index in [2.05, 4.69) is 5.32 Å². The second-order valence-electron chi connectivity index (χ2n) is 8.42. The molecule has 0 unspecified atom stereocenters. The van der Waals surface area contributed by atoms with Gasteiger partial charge in [0.2, 0.25) is 26.0 Å². The molecule has 1 N–H and O–H groups in total. The second kappa shape index (κ2) is 11.5. The van der Waals surface area contributed by atoms with Crippen LogP contribution in [0.25, 0.3) is 0 Å². The molecule has 1 aliphatic heterocycles. The average Bonchev–Trinajstić information content (AvgIpc) is 3.39. The first-order valence-corrected chi connectivity index (χ1v) is 14.5. The molecule has 1 aliphatic rings. The highest BCUT2D eigenvalue weighted by Crippen LogP contribution is 2.24. The van der Waals surface area contributed by atoms with Crippen molar-refractivity contribution in [2.24, 2.45) is 0 Å². The molecule has 192 valence electrons. The standard InChI is InChI=1S/C24H33N3O6S2/c1-4-26(35(31,32)22-11-12-23(33-3)19(2)17-22)18-24(28)25-14-13-20-7-9-21(10-8-20)34(29,30)27-15-5-6-16-27/h7-12,17H,4-6,13-16,18H2,1-3H3,(H,25,28). The molecular formula is C24H33N3O6S2. The summed E-state index contributed by atoms with van der Waals surface area (Å²) < 4.78 is 59.1. The van der Waals surface area contributed by atoms with E-state index in [1.807, 2.05) is 0 Å². The fraction of sp³-hybridized carbons (Fsp3) is 0.458. The van der Waals surface area contributed by atoms with Gasteiger partial charge in [0.1, 0.15) is 5.75 Å². The summed E-state index contributed by atoms with van der Waals surface area (Å²) in [5.41, 5.74) is 1.56. The van der Waals surface area contributed by atoms with Gasteiger partial charge in [-0.3, -0.25) is 4.79 Å². The van der Waals surface area contributed by atoms with E-state index < -0.39 is 26.0 Å². The van der Waals surface area contributed by atoms with Crippen molar-refractivity contribution >= 4 is 26.0 Å². The van der Waals surface area contributed by atoms with E-state index in [1.54, 1.807) is 44.2 Å². The Morgan fingerprint density at radius 1 is 1.03 bits per heavy atom. The van der Waals surface area contributed by atoms with Gasteiger partial charge >= 0.3 is 0 Å². The maximum Gasteiger partial charge on any atom is 0.243 e. The molecule has 0 aromatic heterocycles. The lowest BCUT2D eigenvalue weighted by molar-refractivity contribution is -0.121. The molecule has 0 saturated carbocycles. The minimum Gasteiger partial charge on any atom is -0.496 e. The predicted octanol–water partition coefficient (Wildman–Crippen LogP) is 2.16. The number of hydrogen-bond donors (Lipinski definition) is 1. The Balaban J connectivity index is 1.55. The second-order valence-corrected chi connectivity index (χ2v) is 12.3. The smallest absolute Gasteiger partial charge is 0.243 e. The fourth-order valence-corrected chi connectivity index (χ4v) is 7.00. The van der Waals surface area contributed by atoms with Gasteiger partial charge in [0.05, 0.1) is 23.4 Å². The van der Waals surface area contributed by atoms with Crippen molar-refractivity contribution in [3.8, 4) is 5.75 Å². The Hall–Kier alpha value is -2.47. The molecular weight excluding hydrogens is 490 g/mol. The summed E-state index contributed by atoms with van der Waals surface area (Å²) in [6.45, 7) is 4.70. The first-order chi connectivity index (χ1) is 16.6. The van der Waals surface area contributed by atoms with Crippen molar-refractivity contribution in [3.63, 3.8) is 0 Å². The zero-order valence-electron chi connectivity index (χ0n) is 20.4. The fourth-order valence-electron chi connectivity index (χ4n) is 4.00. The van der Waals surface area contributed by atoms with Gasteiger partial charge in [-0.05, 0) is 67.6 Å². The number of methoxy groups -OCH3 is 1. The molecule has 3 rings (SSSR count). The van der Waals surface area contributed by atoms with Crippen molar-refractivity contribution < 1.29 is 26.4 Å². The van der Waals surface area contributed by atoms with E-state index in [0.29, 0.717) is 37.4 Å². The summed E-state index contributed by atoms with van der Waals surface area (Å²) >= 11 is 0. The van der Waals surface area contributed by atoms with E-state index in [-0.39, 0.29) is 22.9 Å². The van der Waals surface area contributed by atoms with Gasteiger partial charge in [0, 0.05) is 26.2 Å². The summed E-state index contributed by atoms with van der Waals surface area (Å²) in [5, 5.41) is 2.75. The van der Waals surface area contributed by atoms with Gasteiger partial charge in [0.15, 0.2) is 0 Å². The monoisotopic (exact) mass is 523 g/mol. The molecule has 1 heterocycles. The average molecular weight is 524 g/mol. The molecule has 2 aromatic carbocycles. The SMILES string of the molecule is CCN(CC(=O)NCCc1ccc(S(=O)(=O)N2CCCC2)cc1)S(=O)(=O)c1ccc(OC)c(C)c1. The third-order valence-corrected chi connectivity index (χ3v) is 9.87. The normalized spacial score (nSPS) is 14.9. The number of hydrogen-bond acceptors (Lipinski definition) is 6. The summed E-state index contributed by atoms with van der Waals surface area (Å²) in [6, 6.07) is 11.3. The number of rotatable bonds is 11. The lowest BCUT2D eigenvalue weighted by Crippen LogP contribution is -2.41. The summed E-state index contributed by atoms with van der Waals surface area (Å²) in [7, 11) is -5.78. The van der Waals surface area contributed by atoms with Crippen LogP contribution >= 0.6 is 0 Å². The highest BCUT2D eigenvalue weighted by molar-refractivity contribution is 7.89. The van der Waals surface area contributed by atoms with Gasteiger partial charge in [-0.25, -0.2) is 16.8 Å². The summed E-state index contributed by atoms with van der Waals surface area (Å²) in [6.07, 6.45) is 2.26. The number of nitrogens with zero attached hydrogens (tertiary/aromatic N) is 2. The topological polar surface area (TPSA) is 113 Å². The number of ether oxygens (including phenoxy) is 1. The molecule has 0 bridgehead atoms. The van der Waals surface area contributed by atoms with E-state index in [9.17, 15) is 21.6 Å². The van der Waals surface area contributed by atoms with Crippen molar-refractivity contribution in [1.29, 1.82) is 0 Å². The Morgan fingerprint density at radius 3 is 2.23 bits per heavy atom. The Bertz CT molecular complexity index is 1240. The van der Waals surface area contributed by atoms with Crippen molar-refractivity contribution in [2.45, 2.75) is 42.9 Å². The lowest BCUT2D eigenvalue weighted by Gasteiger charge is -2.20. The molecule has 0 aliphatic carbocycles. The van der Waals surface area contributed by atoms with Gasteiger partial charge in [-0.1, -0.05) is 19.1 Å². The van der Waals surface area contributed by atoms with E-state index in [4.69, 9.17) is 4.74 Å². The van der Waals surface area contributed by atoms with Crippen LogP contribution in [0.3, 0.4) is 0 Å². The number of nitrogens with one attached hydrogen (secondary N) is 1. The van der Waals surface area contributed by atoms with Crippen LogP contribution in [0.1, 0.15) is 30.9 Å². The van der Waals surface area contributed by atoms with Crippen LogP contribution in [0.5, 0.6) is 5.75 Å². The van der Waals surface area contributed by atoms with Crippen LogP contribution in [0, 0.1) is 6.92 Å². The highest BCUT2D eigenvalue weighted by atomic mass is 32.2. The third-order valence-electron chi connectivity index (χ3n) is 6.04. The minimum absolute atomic E-state index is 0.106. The van der Waals surface area contributed by atoms with Crippen molar-refractivity contribution in [2.75, 3.05) is 39.8 Å². The number of sulfonamides is 2. The van der Waals surface area contributed by atoms with Crippen LogP contribution in [0.15, 0.2) is 52.3 Å². The Labute approximate surface area is 208 Å². The number of benzene rings is 2. The molecule has 9 nitrogen and oxygen atoms in total. The van der Waals surface area contributed by atoms with E-state index in [1.165, 1.54) is 23.5 Å². The van der Waals surface area contributed by atoms with Gasteiger partial charge in [0.25, 0.3) is 0 Å². The highest BCUT2D eigenvalue weighted by Gasteiger charge is 2.27. The van der Waals surface area contributed by atoms with E-state index >= 15 is 0 Å². The Morgan fingerprint density at radius 2 is 1.66 bits per heavy atom. The van der Waals surface area contributed by atoms with Gasteiger partial charge in [-0.2, -0.15) is 8.61 Å². The molecule has 35 heavy (non-hydrogen) atoms. The maximum atomic E-state index is 13.0. The quantitative estimate of drug-likeness (QED) is 0.483. The molecule has 0 atom stereocenters. The molecule has 0 spiro atoms. The number of carbonyl (C=O) groups excluding carboxylic acids is 1.